The zero-order valence-electron chi connectivity index (χ0n) is 18.5. The number of nitrogens with one attached hydrogen (secondary N) is 1. The number of amides is 2. The Labute approximate surface area is 210 Å². The first kappa shape index (κ1) is 26.8. The van der Waals surface area contributed by atoms with E-state index in [4.69, 9.17) is 34.8 Å². The summed E-state index contributed by atoms with van der Waals surface area (Å²) < 4.78 is 0. The van der Waals surface area contributed by atoms with Crippen molar-refractivity contribution in [2.75, 3.05) is 12.3 Å². The van der Waals surface area contributed by atoms with Crippen LogP contribution in [0.5, 0.6) is 0 Å². The minimum absolute atomic E-state index is 0.111. The van der Waals surface area contributed by atoms with Crippen molar-refractivity contribution in [1.29, 1.82) is 0 Å². The fraction of sp³-hybridized carbons (Fsp3) is 0.417. The summed E-state index contributed by atoms with van der Waals surface area (Å²) in [6, 6.07) is 12.1. The highest BCUT2D eigenvalue weighted by Crippen LogP contribution is 2.28. The van der Waals surface area contributed by atoms with Crippen LogP contribution >= 0.6 is 46.6 Å². The van der Waals surface area contributed by atoms with Crippen molar-refractivity contribution < 1.29 is 9.59 Å². The summed E-state index contributed by atoms with van der Waals surface area (Å²) >= 11 is 19.9. The lowest BCUT2D eigenvalue weighted by Crippen LogP contribution is -2.50. The van der Waals surface area contributed by atoms with Gasteiger partial charge in [0.25, 0.3) is 0 Å². The standard InChI is InChI=1S/C24H29Cl3N2O2S/c1-4-22(24(31)28-12-16(2)3)29(13-17-8-10-18(25)11-9-17)23(30)15-32-14-19-20(26)6-5-7-21(19)27/h5-11,16,22H,4,12-15H2,1-3H3,(H,28,31)/t22-/m1/s1. The number of carbonyl (C=O) groups excluding carboxylic acids is 2. The van der Waals surface area contributed by atoms with E-state index >= 15 is 0 Å². The minimum atomic E-state index is -0.554. The Hall–Kier alpha value is -1.40. The molecule has 0 aliphatic heterocycles. The van der Waals surface area contributed by atoms with Crippen molar-refractivity contribution in [3.63, 3.8) is 0 Å². The first-order valence-electron chi connectivity index (χ1n) is 10.5. The number of hydrogen-bond acceptors (Lipinski definition) is 3. The van der Waals surface area contributed by atoms with Crippen molar-refractivity contribution in [2.45, 2.75) is 45.5 Å². The van der Waals surface area contributed by atoms with Gasteiger partial charge in [0.15, 0.2) is 0 Å². The van der Waals surface area contributed by atoms with E-state index in [1.165, 1.54) is 11.8 Å². The molecule has 2 rings (SSSR count). The van der Waals surface area contributed by atoms with E-state index in [0.717, 1.165) is 11.1 Å². The van der Waals surface area contributed by atoms with E-state index in [2.05, 4.69) is 5.32 Å². The maximum Gasteiger partial charge on any atom is 0.242 e. The Bertz CT molecular complexity index is 886. The average Bonchev–Trinajstić information content (AvgIpc) is 2.75. The van der Waals surface area contributed by atoms with Crippen LogP contribution in [0.25, 0.3) is 0 Å². The number of rotatable bonds is 11. The second-order valence-corrected chi connectivity index (χ2v) is 10.1. The van der Waals surface area contributed by atoms with Crippen molar-refractivity contribution in [2.24, 2.45) is 5.92 Å². The molecule has 0 aromatic heterocycles. The van der Waals surface area contributed by atoms with Gasteiger partial charge in [0.1, 0.15) is 6.04 Å². The lowest BCUT2D eigenvalue weighted by atomic mass is 10.1. The summed E-state index contributed by atoms with van der Waals surface area (Å²) in [4.78, 5) is 27.8. The van der Waals surface area contributed by atoms with Gasteiger partial charge in [0, 0.05) is 33.9 Å². The molecule has 8 heteroatoms. The molecule has 2 aromatic rings. The zero-order chi connectivity index (χ0) is 23.7. The van der Waals surface area contributed by atoms with Gasteiger partial charge in [-0.15, -0.1) is 11.8 Å². The van der Waals surface area contributed by atoms with Gasteiger partial charge >= 0.3 is 0 Å². The van der Waals surface area contributed by atoms with Gasteiger partial charge in [-0.2, -0.15) is 0 Å². The maximum atomic E-state index is 13.3. The number of benzene rings is 2. The molecule has 0 heterocycles. The van der Waals surface area contributed by atoms with Gasteiger partial charge in [-0.25, -0.2) is 0 Å². The summed E-state index contributed by atoms with van der Waals surface area (Å²) in [5.74, 6) is 0.800. The average molecular weight is 516 g/mol. The fourth-order valence-electron chi connectivity index (χ4n) is 3.12. The van der Waals surface area contributed by atoms with Gasteiger partial charge < -0.3 is 10.2 Å². The lowest BCUT2D eigenvalue weighted by Gasteiger charge is -2.31. The van der Waals surface area contributed by atoms with Crippen LogP contribution in [0.15, 0.2) is 42.5 Å². The van der Waals surface area contributed by atoms with E-state index in [-0.39, 0.29) is 17.6 Å². The van der Waals surface area contributed by atoms with Gasteiger partial charge in [-0.3, -0.25) is 9.59 Å². The molecule has 0 spiro atoms. The summed E-state index contributed by atoms with van der Waals surface area (Å²) in [6.45, 7) is 6.89. The van der Waals surface area contributed by atoms with Gasteiger partial charge in [-0.1, -0.05) is 73.8 Å². The smallest absolute Gasteiger partial charge is 0.242 e. The third-order valence-corrected chi connectivity index (χ3v) is 6.77. The van der Waals surface area contributed by atoms with Crippen LogP contribution in [0.4, 0.5) is 0 Å². The largest absolute Gasteiger partial charge is 0.354 e. The van der Waals surface area contributed by atoms with Crippen LogP contribution in [0.1, 0.15) is 38.3 Å². The summed E-state index contributed by atoms with van der Waals surface area (Å²) in [6.07, 6.45) is 0.518. The first-order chi connectivity index (χ1) is 15.2. The molecule has 4 nitrogen and oxygen atoms in total. The van der Waals surface area contributed by atoms with Crippen molar-refractivity contribution in [3.05, 3.63) is 68.7 Å². The molecule has 0 saturated carbocycles. The van der Waals surface area contributed by atoms with E-state index in [1.54, 1.807) is 35.2 Å². The summed E-state index contributed by atoms with van der Waals surface area (Å²) in [5.41, 5.74) is 1.72. The Morgan fingerprint density at radius 3 is 2.22 bits per heavy atom. The molecule has 0 fully saturated rings. The molecule has 32 heavy (non-hydrogen) atoms. The Morgan fingerprint density at radius 2 is 1.66 bits per heavy atom. The van der Waals surface area contributed by atoms with Crippen LogP contribution in [0.3, 0.4) is 0 Å². The van der Waals surface area contributed by atoms with Crippen LogP contribution in [0.2, 0.25) is 15.1 Å². The van der Waals surface area contributed by atoms with Crippen LogP contribution in [-0.2, 0) is 21.9 Å². The lowest BCUT2D eigenvalue weighted by molar-refractivity contribution is -0.139. The van der Waals surface area contributed by atoms with Crippen molar-refractivity contribution in [3.8, 4) is 0 Å². The van der Waals surface area contributed by atoms with Gasteiger partial charge in [-0.05, 0) is 47.7 Å². The molecule has 2 aromatic carbocycles. The van der Waals surface area contributed by atoms with Gasteiger partial charge in [0.05, 0.1) is 5.75 Å². The highest BCUT2D eigenvalue weighted by molar-refractivity contribution is 7.99. The molecule has 0 unspecified atom stereocenters. The second kappa shape index (κ2) is 13.3. The Balaban J connectivity index is 2.15. The SMILES string of the molecule is CC[C@H](C(=O)NCC(C)C)N(Cc1ccc(Cl)cc1)C(=O)CSCc1c(Cl)cccc1Cl. The molecule has 0 radical (unpaired) electrons. The number of carbonyl (C=O) groups is 2. The minimum Gasteiger partial charge on any atom is -0.354 e. The summed E-state index contributed by atoms with van der Waals surface area (Å²) in [5, 5.41) is 4.75. The van der Waals surface area contributed by atoms with E-state index in [9.17, 15) is 9.59 Å². The molecular weight excluding hydrogens is 487 g/mol. The second-order valence-electron chi connectivity index (χ2n) is 7.90. The predicted molar refractivity (Wildman–Crippen MR) is 137 cm³/mol. The number of nitrogens with zero attached hydrogens (tertiary/aromatic N) is 1. The number of hydrogen-bond donors (Lipinski definition) is 1. The van der Waals surface area contributed by atoms with Crippen LogP contribution < -0.4 is 5.32 Å². The zero-order valence-corrected chi connectivity index (χ0v) is 21.6. The Kier molecular flexibility index (Phi) is 11.2. The summed E-state index contributed by atoms with van der Waals surface area (Å²) in [7, 11) is 0. The normalized spacial score (nSPS) is 12.0. The van der Waals surface area contributed by atoms with Crippen LogP contribution in [0, 0.1) is 5.92 Å². The monoisotopic (exact) mass is 514 g/mol. The van der Waals surface area contributed by atoms with E-state index in [0.29, 0.717) is 46.2 Å². The van der Waals surface area contributed by atoms with E-state index < -0.39 is 6.04 Å². The van der Waals surface area contributed by atoms with E-state index in [1.807, 2.05) is 32.9 Å². The molecule has 2 amide bonds. The number of halogens is 3. The molecule has 174 valence electrons. The molecule has 0 aliphatic carbocycles. The molecule has 1 N–H and O–H groups in total. The topological polar surface area (TPSA) is 49.4 Å². The third-order valence-electron chi connectivity index (χ3n) is 4.87. The first-order valence-corrected chi connectivity index (χ1v) is 12.8. The molecule has 0 aliphatic rings. The third kappa shape index (κ3) is 8.18. The van der Waals surface area contributed by atoms with Crippen molar-refractivity contribution >= 4 is 58.4 Å². The van der Waals surface area contributed by atoms with Gasteiger partial charge in [0.2, 0.25) is 11.8 Å². The maximum absolute atomic E-state index is 13.3. The highest BCUT2D eigenvalue weighted by Gasteiger charge is 2.28. The number of thioether (sulfide) groups is 1. The predicted octanol–water partition coefficient (Wildman–Crippen LogP) is 6.46. The highest BCUT2D eigenvalue weighted by atomic mass is 35.5. The van der Waals surface area contributed by atoms with Crippen molar-refractivity contribution in [1.82, 2.24) is 10.2 Å². The molecule has 0 bridgehead atoms. The molecular formula is C24H29Cl3N2O2S. The molecule has 0 saturated heterocycles. The Morgan fingerprint density at radius 1 is 1.03 bits per heavy atom. The van der Waals surface area contributed by atoms with Crippen LogP contribution in [-0.4, -0.2) is 35.1 Å². The molecule has 1 atom stereocenters. The quantitative estimate of drug-likeness (QED) is 0.373. The fourth-order valence-corrected chi connectivity index (χ4v) is 4.90.